The lowest BCUT2D eigenvalue weighted by Crippen LogP contribution is -2.31. The van der Waals surface area contributed by atoms with E-state index < -0.39 is 17.9 Å². The molecule has 0 unspecified atom stereocenters. The van der Waals surface area contributed by atoms with Crippen LogP contribution < -0.4 is 15.4 Å². The number of carbonyl (C=O) groups excluding carboxylic acids is 3. The number of alkyl carbamates (subject to hydrolysis) is 1. The summed E-state index contributed by atoms with van der Waals surface area (Å²) < 4.78 is 9.50. The van der Waals surface area contributed by atoms with Crippen LogP contribution in [0.25, 0.3) is 0 Å². The third-order valence-electron chi connectivity index (χ3n) is 2.70. The topological polar surface area (TPSA) is 120 Å². The molecule has 0 aliphatic heterocycles. The van der Waals surface area contributed by atoms with Gasteiger partial charge in [-0.15, -0.1) is 11.3 Å². The summed E-state index contributed by atoms with van der Waals surface area (Å²) in [4.78, 5) is 43.2. The molecule has 126 valence electrons. The van der Waals surface area contributed by atoms with Gasteiger partial charge in [-0.05, 0) is 18.4 Å². The van der Waals surface area contributed by atoms with E-state index in [0.29, 0.717) is 0 Å². The molecule has 2 aromatic rings. The molecule has 2 aromatic heterocycles. The van der Waals surface area contributed by atoms with E-state index in [1.165, 1.54) is 25.6 Å². The number of amides is 3. The van der Waals surface area contributed by atoms with Gasteiger partial charge in [0.15, 0.2) is 0 Å². The Balaban J connectivity index is 2.07. The Hall–Kier alpha value is -3.01. The molecule has 9 nitrogen and oxygen atoms in total. The molecule has 10 heteroatoms. The van der Waals surface area contributed by atoms with E-state index in [-0.39, 0.29) is 28.7 Å². The van der Waals surface area contributed by atoms with E-state index in [4.69, 9.17) is 4.74 Å². The number of nitrogens with zero attached hydrogens (tertiary/aromatic N) is 2. The molecule has 0 aromatic carbocycles. The Morgan fingerprint density at radius 2 is 2.00 bits per heavy atom. The van der Waals surface area contributed by atoms with Crippen LogP contribution in [-0.4, -0.2) is 41.6 Å². The number of imide groups is 1. The predicted octanol–water partition coefficient (Wildman–Crippen LogP) is 1.69. The second-order valence-electron chi connectivity index (χ2n) is 4.24. The van der Waals surface area contributed by atoms with Gasteiger partial charge in [-0.2, -0.15) is 0 Å². The summed E-state index contributed by atoms with van der Waals surface area (Å²) in [5.74, 6) is -0.944. The normalized spacial score (nSPS) is 9.92. The van der Waals surface area contributed by atoms with Crippen molar-refractivity contribution in [1.82, 2.24) is 15.3 Å². The van der Waals surface area contributed by atoms with Crippen LogP contribution in [0.5, 0.6) is 5.88 Å². The number of hydrogen-bond acceptors (Lipinski definition) is 8. The monoisotopic (exact) mass is 350 g/mol. The third-order valence-corrected chi connectivity index (χ3v) is 3.53. The van der Waals surface area contributed by atoms with E-state index in [0.717, 1.165) is 11.3 Å². The average molecular weight is 350 g/mol. The van der Waals surface area contributed by atoms with Crippen LogP contribution in [0.3, 0.4) is 0 Å². The SMILES string of the molecule is CCOC(=O)NC(=O)c1ccsc1NC(=O)c1cnc(OC)cn1. The molecular weight excluding hydrogens is 336 g/mol. The molecule has 3 amide bonds. The Morgan fingerprint density at radius 1 is 1.21 bits per heavy atom. The number of ether oxygens (including phenoxy) is 2. The van der Waals surface area contributed by atoms with Crippen LogP contribution in [0.2, 0.25) is 0 Å². The van der Waals surface area contributed by atoms with Crippen LogP contribution in [-0.2, 0) is 4.74 Å². The third kappa shape index (κ3) is 4.26. The number of carbonyl (C=O) groups is 3. The molecule has 0 aliphatic carbocycles. The van der Waals surface area contributed by atoms with Crippen LogP contribution >= 0.6 is 11.3 Å². The van der Waals surface area contributed by atoms with Gasteiger partial charge in [0.05, 0.1) is 31.7 Å². The molecule has 0 spiro atoms. The Morgan fingerprint density at radius 3 is 2.62 bits per heavy atom. The van der Waals surface area contributed by atoms with Crippen LogP contribution in [0.15, 0.2) is 23.8 Å². The number of aromatic nitrogens is 2. The Kier molecular flexibility index (Phi) is 5.79. The maximum atomic E-state index is 12.1. The first-order chi connectivity index (χ1) is 11.5. The van der Waals surface area contributed by atoms with Crippen molar-refractivity contribution in [2.45, 2.75) is 6.92 Å². The first-order valence-corrected chi connectivity index (χ1v) is 7.66. The van der Waals surface area contributed by atoms with Gasteiger partial charge in [-0.25, -0.2) is 14.8 Å². The summed E-state index contributed by atoms with van der Waals surface area (Å²) in [5, 5.41) is 6.50. The van der Waals surface area contributed by atoms with Gasteiger partial charge in [0.2, 0.25) is 5.88 Å². The zero-order valence-electron chi connectivity index (χ0n) is 12.9. The summed E-state index contributed by atoms with van der Waals surface area (Å²) in [6.07, 6.45) is 1.70. The fraction of sp³-hybridized carbons (Fsp3) is 0.214. The smallest absolute Gasteiger partial charge is 0.414 e. The minimum absolute atomic E-state index is 0.0564. The summed E-state index contributed by atoms with van der Waals surface area (Å²) >= 11 is 1.13. The molecule has 0 fully saturated rings. The quantitative estimate of drug-likeness (QED) is 0.842. The minimum Gasteiger partial charge on any atom is -0.480 e. The number of rotatable bonds is 5. The number of methoxy groups -OCH3 is 1. The van der Waals surface area contributed by atoms with Crippen molar-refractivity contribution in [3.63, 3.8) is 0 Å². The minimum atomic E-state index is -0.855. The second-order valence-corrected chi connectivity index (χ2v) is 5.15. The lowest BCUT2D eigenvalue weighted by atomic mass is 10.3. The number of thiophene rings is 1. The average Bonchev–Trinajstić information content (AvgIpc) is 3.03. The van der Waals surface area contributed by atoms with Crippen molar-refractivity contribution in [3.05, 3.63) is 35.1 Å². The van der Waals surface area contributed by atoms with Gasteiger partial charge in [-0.1, -0.05) is 0 Å². The van der Waals surface area contributed by atoms with Gasteiger partial charge in [0.1, 0.15) is 10.7 Å². The van der Waals surface area contributed by atoms with Crippen molar-refractivity contribution in [1.29, 1.82) is 0 Å². The highest BCUT2D eigenvalue weighted by atomic mass is 32.1. The van der Waals surface area contributed by atoms with E-state index in [1.807, 2.05) is 0 Å². The lowest BCUT2D eigenvalue weighted by Gasteiger charge is -2.07. The van der Waals surface area contributed by atoms with E-state index in [9.17, 15) is 14.4 Å². The fourth-order valence-electron chi connectivity index (χ4n) is 1.62. The first-order valence-electron chi connectivity index (χ1n) is 6.78. The van der Waals surface area contributed by atoms with E-state index in [1.54, 1.807) is 12.3 Å². The number of nitrogens with one attached hydrogen (secondary N) is 2. The first kappa shape index (κ1) is 17.3. The standard InChI is InChI=1S/C14H14N4O5S/c1-3-23-14(21)18-11(19)8-4-5-24-13(8)17-12(20)9-6-16-10(22-2)7-15-9/h4-7H,3H2,1-2H3,(H,17,20)(H,18,19,21). The molecule has 0 aliphatic rings. The molecule has 2 N–H and O–H groups in total. The molecular formula is C14H14N4O5S. The number of hydrogen-bond donors (Lipinski definition) is 2. The van der Waals surface area contributed by atoms with Gasteiger partial charge < -0.3 is 14.8 Å². The molecule has 0 atom stereocenters. The van der Waals surface area contributed by atoms with Crippen molar-refractivity contribution < 1.29 is 23.9 Å². The highest BCUT2D eigenvalue weighted by Gasteiger charge is 2.19. The molecule has 0 saturated heterocycles. The highest BCUT2D eigenvalue weighted by molar-refractivity contribution is 7.14. The van der Waals surface area contributed by atoms with Crippen LogP contribution in [0.4, 0.5) is 9.80 Å². The molecule has 0 bridgehead atoms. The molecule has 24 heavy (non-hydrogen) atoms. The molecule has 0 radical (unpaired) electrons. The van der Waals surface area contributed by atoms with E-state index in [2.05, 4.69) is 25.3 Å². The van der Waals surface area contributed by atoms with Crippen molar-refractivity contribution in [3.8, 4) is 5.88 Å². The largest absolute Gasteiger partial charge is 0.480 e. The van der Waals surface area contributed by atoms with E-state index >= 15 is 0 Å². The Labute approximate surface area is 141 Å². The van der Waals surface area contributed by atoms with Gasteiger partial charge in [-0.3, -0.25) is 14.9 Å². The summed E-state index contributed by atoms with van der Waals surface area (Å²) in [6.45, 7) is 1.76. The fourth-order valence-corrected chi connectivity index (χ4v) is 2.40. The maximum absolute atomic E-state index is 12.1. The summed E-state index contributed by atoms with van der Waals surface area (Å²) in [6, 6.07) is 1.48. The molecule has 2 rings (SSSR count). The van der Waals surface area contributed by atoms with Crippen molar-refractivity contribution in [2.75, 3.05) is 19.0 Å². The molecule has 0 saturated carbocycles. The zero-order valence-corrected chi connectivity index (χ0v) is 13.7. The van der Waals surface area contributed by atoms with Gasteiger partial charge >= 0.3 is 6.09 Å². The van der Waals surface area contributed by atoms with Crippen molar-refractivity contribution >= 4 is 34.2 Å². The van der Waals surface area contributed by atoms with Crippen molar-refractivity contribution in [2.24, 2.45) is 0 Å². The van der Waals surface area contributed by atoms with Crippen LogP contribution in [0, 0.1) is 0 Å². The molecule has 2 heterocycles. The number of anilines is 1. The summed E-state index contributed by atoms with van der Waals surface area (Å²) in [5.41, 5.74) is 0.198. The lowest BCUT2D eigenvalue weighted by molar-refractivity contribution is 0.0926. The predicted molar refractivity (Wildman–Crippen MR) is 85.3 cm³/mol. The van der Waals surface area contributed by atoms with Gasteiger partial charge in [0.25, 0.3) is 11.8 Å². The van der Waals surface area contributed by atoms with Crippen LogP contribution in [0.1, 0.15) is 27.8 Å². The maximum Gasteiger partial charge on any atom is 0.414 e. The highest BCUT2D eigenvalue weighted by Crippen LogP contribution is 2.23. The zero-order chi connectivity index (χ0) is 17.5. The summed E-state index contributed by atoms with van der Waals surface area (Å²) in [7, 11) is 1.43. The Bertz CT molecular complexity index is 744. The second kappa shape index (κ2) is 8.02. The van der Waals surface area contributed by atoms with Gasteiger partial charge in [0, 0.05) is 0 Å².